The van der Waals surface area contributed by atoms with Crippen molar-refractivity contribution < 1.29 is 27.4 Å². The van der Waals surface area contributed by atoms with Gasteiger partial charge in [0.1, 0.15) is 5.75 Å². The lowest BCUT2D eigenvalue weighted by Gasteiger charge is -2.15. The summed E-state index contributed by atoms with van der Waals surface area (Å²) in [6, 6.07) is 3.41. The van der Waals surface area contributed by atoms with Gasteiger partial charge in [-0.3, -0.25) is 4.79 Å². The summed E-state index contributed by atoms with van der Waals surface area (Å²) in [7, 11) is 0. The first-order chi connectivity index (χ1) is 13.9. The highest BCUT2D eigenvalue weighted by molar-refractivity contribution is 5.95. The summed E-state index contributed by atoms with van der Waals surface area (Å²) >= 11 is 0. The van der Waals surface area contributed by atoms with Crippen LogP contribution in [0.3, 0.4) is 0 Å². The molecule has 0 saturated heterocycles. The summed E-state index contributed by atoms with van der Waals surface area (Å²) in [5.74, 6) is -0.486. The molecule has 0 amide bonds. The Hall–Kier alpha value is -2.50. The first kappa shape index (κ1) is 27.5. The molecule has 0 spiro atoms. The zero-order valence-electron chi connectivity index (χ0n) is 18.7. The van der Waals surface area contributed by atoms with Crippen LogP contribution in [0.1, 0.15) is 54.4 Å². The van der Waals surface area contributed by atoms with Crippen LogP contribution in [0.5, 0.6) is 11.5 Å². The Balaban J connectivity index is 0.00000150. The second kappa shape index (κ2) is 13.7. The van der Waals surface area contributed by atoms with Crippen LogP contribution in [0.2, 0.25) is 0 Å². The molecule has 0 aliphatic rings. The maximum atomic E-state index is 13.5. The molecule has 0 saturated carbocycles. The van der Waals surface area contributed by atoms with Gasteiger partial charge >= 0.3 is 6.11 Å². The fraction of sp³-hybridized carbons (Fsp3) is 0.458. The van der Waals surface area contributed by atoms with Crippen LogP contribution in [-0.4, -0.2) is 18.5 Å². The van der Waals surface area contributed by atoms with Crippen LogP contribution in [0, 0.1) is 11.7 Å². The van der Waals surface area contributed by atoms with Crippen LogP contribution in [0.25, 0.3) is 0 Å². The normalized spacial score (nSPS) is 11.9. The maximum absolute atomic E-state index is 13.5. The Kier molecular flexibility index (Phi) is 12.5. The summed E-state index contributed by atoms with van der Waals surface area (Å²) in [6.45, 7) is 14.3. The molecular formula is C24H33F3O3. The first-order valence-electron chi connectivity index (χ1n) is 9.91. The molecular weight excluding hydrogens is 393 g/mol. The number of alkyl halides is 2. The predicted molar refractivity (Wildman–Crippen MR) is 116 cm³/mol. The van der Waals surface area contributed by atoms with E-state index < -0.39 is 17.7 Å². The number of benzene rings is 1. The van der Waals surface area contributed by atoms with Gasteiger partial charge in [-0.2, -0.15) is 8.78 Å². The molecule has 0 aromatic heterocycles. The van der Waals surface area contributed by atoms with E-state index in [4.69, 9.17) is 4.74 Å². The zero-order chi connectivity index (χ0) is 23.3. The Morgan fingerprint density at radius 1 is 1.27 bits per heavy atom. The molecule has 0 aliphatic carbocycles. The van der Waals surface area contributed by atoms with Crippen LogP contribution in [0.15, 0.2) is 54.2 Å². The second-order valence-corrected chi connectivity index (χ2v) is 7.18. The van der Waals surface area contributed by atoms with Crippen LogP contribution in [0.4, 0.5) is 13.2 Å². The molecule has 0 fully saturated rings. The minimum atomic E-state index is -3.48. The molecule has 0 N–H and O–H groups in total. The number of carbonyl (C=O) groups is 1. The smallest absolute Gasteiger partial charge is 0.395 e. The average molecular weight is 427 g/mol. The fourth-order valence-corrected chi connectivity index (χ4v) is 1.78. The van der Waals surface area contributed by atoms with E-state index in [1.165, 1.54) is 19.4 Å². The van der Waals surface area contributed by atoms with Crippen molar-refractivity contribution in [3.63, 3.8) is 0 Å². The number of carbonyl (C=O) groups excluding carboxylic acids is 1. The number of rotatable bonds is 10. The summed E-state index contributed by atoms with van der Waals surface area (Å²) in [6.07, 6.45) is 3.55. The highest BCUT2D eigenvalue weighted by Crippen LogP contribution is 2.28. The lowest BCUT2D eigenvalue weighted by Crippen LogP contribution is -2.19. The summed E-state index contributed by atoms with van der Waals surface area (Å²) in [5, 5.41) is 0. The molecule has 6 heteroatoms. The van der Waals surface area contributed by atoms with Gasteiger partial charge in [-0.15, -0.1) is 0 Å². The minimum absolute atomic E-state index is 0.116. The topological polar surface area (TPSA) is 35.5 Å². The van der Waals surface area contributed by atoms with E-state index in [1.54, 1.807) is 12.2 Å². The van der Waals surface area contributed by atoms with E-state index in [2.05, 4.69) is 32.1 Å². The first-order valence-corrected chi connectivity index (χ1v) is 9.91. The Bertz CT molecular complexity index is 745. The minimum Gasteiger partial charge on any atom is -0.493 e. The van der Waals surface area contributed by atoms with Gasteiger partial charge < -0.3 is 9.47 Å². The molecule has 1 aromatic carbocycles. The van der Waals surface area contributed by atoms with E-state index in [0.29, 0.717) is 18.9 Å². The van der Waals surface area contributed by atoms with Gasteiger partial charge in [0.15, 0.2) is 17.3 Å². The van der Waals surface area contributed by atoms with Crippen molar-refractivity contribution in [2.24, 2.45) is 5.92 Å². The third-order valence-electron chi connectivity index (χ3n) is 3.99. The number of ether oxygens (including phenoxy) is 2. The molecule has 168 valence electrons. The van der Waals surface area contributed by atoms with Crippen molar-refractivity contribution in [3.05, 3.63) is 60.0 Å². The second-order valence-electron chi connectivity index (χ2n) is 7.18. The van der Waals surface area contributed by atoms with Crippen molar-refractivity contribution in [3.8, 4) is 11.5 Å². The number of ketones is 1. The van der Waals surface area contributed by atoms with Gasteiger partial charge in [0.05, 0.1) is 6.61 Å². The number of Topliss-reactive ketones (excluding diaryl/α,β-unsaturated/α-hetero) is 1. The number of allylic oxidation sites excluding steroid dienone is 4. The molecule has 0 bridgehead atoms. The van der Waals surface area contributed by atoms with E-state index >= 15 is 0 Å². The fourth-order valence-electron chi connectivity index (χ4n) is 1.78. The summed E-state index contributed by atoms with van der Waals surface area (Å²) in [5.41, 5.74) is 1.29. The van der Waals surface area contributed by atoms with Crippen molar-refractivity contribution >= 4 is 5.78 Å². The lowest BCUT2D eigenvalue weighted by atomic mass is 10.1. The van der Waals surface area contributed by atoms with Crippen molar-refractivity contribution in [1.82, 2.24) is 0 Å². The van der Waals surface area contributed by atoms with Gasteiger partial charge in [-0.05, 0) is 37.5 Å². The lowest BCUT2D eigenvalue weighted by molar-refractivity contribution is -0.160. The highest BCUT2D eigenvalue weighted by atomic mass is 19.3. The molecule has 0 radical (unpaired) electrons. The number of hydrogen-bond donors (Lipinski definition) is 0. The van der Waals surface area contributed by atoms with E-state index in [1.807, 2.05) is 13.0 Å². The van der Waals surface area contributed by atoms with E-state index in [-0.39, 0.29) is 18.1 Å². The number of halogens is 3. The quantitative estimate of drug-likeness (QED) is 0.291. The molecule has 3 nitrogen and oxygen atoms in total. The Labute approximate surface area is 178 Å². The molecule has 0 heterocycles. The van der Waals surface area contributed by atoms with Crippen LogP contribution < -0.4 is 9.47 Å². The van der Waals surface area contributed by atoms with Gasteiger partial charge in [-0.25, -0.2) is 4.39 Å². The van der Waals surface area contributed by atoms with E-state index in [0.717, 1.165) is 23.6 Å². The van der Waals surface area contributed by atoms with E-state index in [9.17, 15) is 18.0 Å². The summed E-state index contributed by atoms with van der Waals surface area (Å²) in [4.78, 5) is 11.1. The maximum Gasteiger partial charge on any atom is 0.395 e. The molecule has 1 rings (SSSR count). The Morgan fingerprint density at radius 2 is 1.87 bits per heavy atom. The molecule has 0 aliphatic heterocycles. The Morgan fingerprint density at radius 3 is 2.33 bits per heavy atom. The average Bonchev–Trinajstić information content (AvgIpc) is 2.65. The molecule has 1 aromatic rings. The standard InChI is InChI=1S/C19H21F3O3.C5H12/c1-5-15(7-6-13(2)14(3)23)10-11-24-16-8-9-17(20)18(12-16)25-19(4,21)22;1-4-5(2)3/h5-9,12H,2,10-11H2,1,3-4H3;5H,4H2,1-3H3/b7-6-,15-5+;. The highest BCUT2D eigenvalue weighted by Gasteiger charge is 2.25. The third kappa shape index (κ3) is 12.9. The van der Waals surface area contributed by atoms with Crippen LogP contribution in [-0.2, 0) is 4.79 Å². The third-order valence-corrected chi connectivity index (χ3v) is 3.99. The van der Waals surface area contributed by atoms with Crippen molar-refractivity contribution in [2.75, 3.05) is 6.61 Å². The zero-order valence-corrected chi connectivity index (χ0v) is 18.7. The van der Waals surface area contributed by atoms with Crippen molar-refractivity contribution in [2.45, 2.75) is 60.5 Å². The SMILES string of the molecule is C=C(/C=C\C(=C/C)CCOc1ccc(F)c(OC(C)(F)F)c1)C(C)=O.CCC(C)C. The van der Waals surface area contributed by atoms with Gasteiger partial charge in [-0.1, -0.05) is 52.0 Å². The molecule has 0 atom stereocenters. The van der Waals surface area contributed by atoms with Gasteiger partial charge in [0.2, 0.25) is 0 Å². The molecule has 30 heavy (non-hydrogen) atoms. The van der Waals surface area contributed by atoms with Gasteiger partial charge in [0, 0.05) is 25.0 Å². The van der Waals surface area contributed by atoms with Crippen molar-refractivity contribution in [1.29, 1.82) is 0 Å². The molecule has 0 unspecified atom stereocenters. The number of hydrogen-bond acceptors (Lipinski definition) is 3. The predicted octanol–water partition coefficient (Wildman–Crippen LogP) is 7.29. The van der Waals surface area contributed by atoms with Crippen LogP contribution >= 0.6 is 0 Å². The summed E-state index contributed by atoms with van der Waals surface area (Å²) < 4.78 is 48.9. The van der Waals surface area contributed by atoms with Gasteiger partial charge in [0.25, 0.3) is 0 Å². The monoisotopic (exact) mass is 426 g/mol. The largest absolute Gasteiger partial charge is 0.493 e.